The number of fused-ring (bicyclic) bond motifs is 1. The lowest BCUT2D eigenvalue weighted by atomic mass is 9.99. The summed E-state index contributed by atoms with van der Waals surface area (Å²) >= 11 is 0. The van der Waals surface area contributed by atoms with Gasteiger partial charge >= 0.3 is 0 Å². The van der Waals surface area contributed by atoms with Crippen molar-refractivity contribution in [3.8, 4) is 22.4 Å². The Morgan fingerprint density at radius 3 is 2.24 bits per heavy atom. The highest BCUT2D eigenvalue weighted by Crippen LogP contribution is 2.33. The van der Waals surface area contributed by atoms with E-state index < -0.39 is 0 Å². The summed E-state index contributed by atoms with van der Waals surface area (Å²) in [4.78, 5) is 15.3. The van der Waals surface area contributed by atoms with Crippen molar-refractivity contribution in [3.63, 3.8) is 0 Å². The number of hydrogen-bond acceptors (Lipinski definition) is 1. The first-order valence-electron chi connectivity index (χ1n) is 8.41. The molecule has 122 valence electrons. The van der Waals surface area contributed by atoms with Gasteiger partial charge in [0.15, 0.2) is 6.29 Å². The summed E-state index contributed by atoms with van der Waals surface area (Å²) in [6.07, 6.45) is 0.956. The first kappa shape index (κ1) is 15.4. The lowest BCUT2D eigenvalue weighted by molar-refractivity contribution is 0.112. The molecule has 0 aliphatic carbocycles. The van der Waals surface area contributed by atoms with Crippen LogP contribution in [0.5, 0.6) is 0 Å². The zero-order valence-electron chi connectivity index (χ0n) is 14.3. The van der Waals surface area contributed by atoms with Crippen molar-refractivity contribution in [1.29, 1.82) is 0 Å². The number of aromatic amines is 1. The Bertz CT molecular complexity index is 1070. The maximum atomic E-state index is 11.9. The topological polar surface area (TPSA) is 32.9 Å². The zero-order valence-corrected chi connectivity index (χ0v) is 14.3. The van der Waals surface area contributed by atoms with Gasteiger partial charge in [-0.05, 0) is 59.9 Å². The van der Waals surface area contributed by atoms with Crippen molar-refractivity contribution in [1.82, 2.24) is 4.98 Å². The number of H-pyrrole nitrogens is 1. The molecule has 0 atom stereocenters. The van der Waals surface area contributed by atoms with Crippen LogP contribution < -0.4 is 0 Å². The Hall–Kier alpha value is -3.13. The minimum atomic E-state index is 0.719. The number of carbonyl (C=O) groups excluding carboxylic acids is 1. The number of hydrogen-bond donors (Lipinski definition) is 1. The summed E-state index contributed by atoms with van der Waals surface area (Å²) < 4.78 is 0. The molecule has 4 rings (SSSR count). The van der Waals surface area contributed by atoms with E-state index in [1.807, 2.05) is 18.2 Å². The van der Waals surface area contributed by atoms with E-state index in [9.17, 15) is 4.79 Å². The molecule has 1 aromatic heterocycles. The van der Waals surface area contributed by atoms with Crippen LogP contribution in [-0.2, 0) is 0 Å². The van der Waals surface area contributed by atoms with E-state index >= 15 is 0 Å². The molecule has 0 fully saturated rings. The summed E-state index contributed by atoms with van der Waals surface area (Å²) in [5.74, 6) is 0. The average Bonchev–Trinajstić information content (AvgIpc) is 3.02. The highest BCUT2D eigenvalue weighted by Gasteiger charge is 2.14. The van der Waals surface area contributed by atoms with Crippen LogP contribution in [0.25, 0.3) is 33.3 Å². The lowest BCUT2D eigenvalue weighted by Gasteiger charge is -2.04. The van der Waals surface area contributed by atoms with Crippen molar-refractivity contribution in [2.45, 2.75) is 13.8 Å². The molecule has 4 aromatic rings. The molecule has 0 saturated heterocycles. The highest BCUT2D eigenvalue weighted by molar-refractivity contribution is 6.05. The van der Waals surface area contributed by atoms with Crippen LogP contribution in [-0.4, -0.2) is 11.3 Å². The van der Waals surface area contributed by atoms with Crippen molar-refractivity contribution in [2.75, 3.05) is 0 Å². The van der Waals surface area contributed by atoms with Crippen LogP contribution in [0.4, 0.5) is 0 Å². The van der Waals surface area contributed by atoms with Gasteiger partial charge in [-0.15, -0.1) is 0 Å². The Kier molecular flexibility index (Phi) is 3.73. The van der Waals surface area contributed by atoms with Crippen LogP contribution in [0.3, 0.4) is 0 Å². The van der Waals surface area contributed by atoms with Gasteiger partial charge in [-0.2, -0.15) is 0 Å². The molecular formula is C23H19NO. The second-order valence-corrected chi connectivity index (χ2v) is 6.46. The summed E-state index contributed by atoms with van der Waals surface area (Å²) in [5.41, 5.74) is 8.36. The van der Waals surface area contributed by atoms with Gasteiger partial charge < -0.3 is 4.98 Å². The molecule has 25 heavy (non-hydrogen) atoms. The van der Waals surface area contributed by atoms with Gasteiger partial charge in [0.05, 0.1) is 5.69 Å². The van der Waals surface area contributed by atoms with Crippen LogP contribution in [0, 0.1) is 13.8 Å². The molecule has 0 aliphatic heterocycles. The molecule has 2 nitrogen and oxygen atoms in total. The fraction of sp³-hybridized carbons (Fsp3) is 0.0870. The largest absolute Gasteiger partial charge is 0.354 e. The second kappa shape index (κ2) is 6.06. The monoisotopic (exact) mass is 325 g/mol. The Morgan fingerprint density at radius 1 is 0.760 bits per heavy atom. The van der Waals surface area contributed by atoms with Crippen LogP contribution in [0.2, 0.25) is 0 Å². The summed E-state index contributed by atoms with van der Waals surface area (Å²) in [5, 5.41) is 0.963. The second-order valence-electron chi connectivity index (χ2n) is 6.46. The van der Waals surface area contributed by atoms with Crippen LogP contribution >= 0.6 is 0 Å². The Labute approximate surface area is 147 Å². The predicted octanol–water partition coefficient (Wildman–Crippen LogP) is 5.93. The maximum absolute atomic E-state index is 11.9. The smallest absolute Gasteiger partial charge is 0.152 e. The Balaban J connectivity index is 1.92. The van der Waals surface area contributed by atoms with Gasteiger partial charge in [-0.1, -0.05) is 48.5 Å². The van der Waals surface area contributed by atoms with E-state index in [4.69, 9.17) is 0 Å². The quantitative estimate of drug-likeness (QED) is 0.465. The van der Waals surface area contributed by atoms with Crippen molar-refractivity contribution in [3.05, 3.63) is 83.4 Å². The van der Waals surface area contributed by atoms with Gasteiger partial charge in [0.2, 0.25) is 0 Å². The third-order valence-electron chi connectivity index (χ3n) is 4.86. The van der Waals surface area contributed by atoms with E-state index in [1.54, 1.807) is 0 Å². The standard InChI is InChI=1S/C23H19NO/c1-15-8-9-19(12-16(15)2)23-21(14-25)20-13-18(10-11-22(20)24-23)17-6-4-3-5-7-17/h3-14,24H,1-2H3. The number of aryl methyl sites for hydroxylation is 2. The number of nitrogens with one attached hydrogen (secondary N) is 1. The first-order chi connectivity index (χ1) is 12.2. The molecule has 0 aliphatic rings. The summed E-state index contributed by atoms with van der Waals surface area (Å²) in [6, 6.07) is 22.8. The highest BCUT2D eigenvalue weighted by atomic mass is 16.1. The molecule has 0 radical (unpaired) electrons. The van der Waals surface area contributed by atoms with E-state index in [0.717, 1.165) is 45.1 Å². The van der Waals surface area contributed by atoms with Gasteiger partial charge in [-0.25, -0.2) is 0 Å². The van der Waals surface area contributed by atoms with E-state index in [-0.39, 0.29) is 0 Å². The van der Waals surface area contributed by atoms with E-state index in [1.165, 1.54) is 11.1 Å². The number of carbonyl (C=O) groups is 1. The number of aldehydes is 1. The summed E-state index contributed by atoms with van der Waals surface area (Å²) in [6.45, 7) is 4.19. The minimum absolute atomic E-state index is 0.719. The van der Waals surface area contributed by atoms with Gasteiger partial charge in [-0.3, -0.25) is 4.79 Å². The van der Waals surface area contributed by atoms with Gasteiger partial charge in [0.1, 0.15) is 0 Å². The predicted molar refractivity (Wildman–Crippen MR) is 104 cm³/mol. The lowest BCUT2D eigenvalue weighted by Crippen LogP contribution is -1.87. The fourth-order valence-corrected chi connectivity index (χ4v) is 3.27. The Morgan fingerprint density at radius 2 is 1.52 bits per heavy atom. The molecular weight excluding hydrogens is 306 g/mol. The number of aromatic nitrogens is 1. The minimum Gasteiger partial charge on any atom is -0.354 e. The average molecular weight is 325 g/mol. The number of rotatable bonds is 3. The zero-order chi connectivity index (χ0) is 17.4. The van der Waals surface area contributed by atoms with E-state index in [0.29, 0.717) is 0 Å². The molecule has 1 heterocycles. The normalized spacial score (nSPS) is 11.0. The van der Waals surface area contributed by atoms with Crippen LogP contribution in [0.1, 0.15) is 21.5 Å². The van der Waals surface area contributed by atoms with Gasteiger partial charge in [0.25, 0.3) is 0 Å². The van der Waals surface area contributed by atoms with Gasteiger partial charge in [0, 0.05) is 16.5 Å². The van der Waals surface area contributed by atoms with Crippen molar-refractivity contribution >= 4 is 17.2 Å². The first-order valence-corrected chi connectivity index (χ1v) is 8.41. The third kappa shape index (κ3) is 2.66. The number of benzene rings is 3. The van der Waals surface area contributed by atoms with E-state index in [2.05, 4.69) is 67.4 Å². The molecule has 0 unspecified atom stereocenters. The van der Waals surface area contributed by atoms with Crippen molar-refractivity contribution in [2.24, 2.45) is 0 Å². The molecule has 2 heteroatoms. The summed E-state index contributed by atoms with van der Waals surface area (Å²) in [7, 11) is 0. The molecule has 3 aromatic carbocycles. The molecule has 0 saturated carbocycles. The maximum Gasteiger partial charge on any atom is 0.152 e. The third-order valence-corrected chi connectivity index (χ3v) is 4.86. The molecule has 0 bridgehead atoms. The van der Waals surface area contributed by atoms with Crippen molar-refractivity contribution < 1.29 is 4.79 Å². The fourth-order valence-electron chi connectivity index (χ4n) is 3.27. The molecule has 1 N–H and O–H groups in total. The SMILES string of the molecule is Cc1ccc(-c2[nH]c3ccc(-c4ccccc4)cc3c2C=O)cc1C. The molecule has 0 amide bonds. The molecule has 0 spiro atoms. The van der Waals surface area contributed by atoms with Crippen LogP contribution in [0.15, 0.2) is 66.7 Å².